The van der Waals surface area contributed by atoms with Crippen LogP contribution in [-0.4, -0.2) is 28.9 Å². The Balaban J connectivity index is 1.70. The molecule has 0 saturated carbocycles. The molecule has 104 valence electrons. The number of hydrogen-bond donors (Lipinski definition) is 1. The number of rotatable bonds is 4. The van der Waals surface area contributed by atoms with Crippen LogP contribution in [0, 0.1) is 0 Å². The molecule has 1 aliphatic rings. The Morgan fingerprint density at radius 3 is 2.70 bits per heavy atom. The minimum atomic E-state index is -0.421. The van der Waals surface area contributed by atoms with E-state index in [9.17, 15) is 4.79 Å². The number of aromatic nitrogens is 2. The van der Waals surface area contributed by atoms with Crippen molar-refractivity contribution in [3.8, 4) is 0 Å². The zero-order valence-electron chi connectivity index (χ0n) is 10.8. The van der Waals surface area contributed by atoms with Gasteiger partial charge in [0.1, 0.15) is 12.1 Å². The van der Waals surface area contributed by atoms with E-state index in [1.165, 1.54) is 10.9 Å². The molecule has 20 heavy (non-hydrogen) atoms. The maximum atomic E-state index is 12.1. The fourth-order valence-electron chi connectivity index (χ4n) is 2.25. The third kappa shape index (κ3) is 2.55. The first-order chi connectivity index (χ1) is 9.68. The van der Waals surface area contributed by atoms with Crippen LogP contribution >= 0.6 is 11.6 Å². The number of nitrogens with zero attached hydrogens (tertiary/aromatic N) is 2. The van der Waals surface area contributed by atoms with Crippen molar-refractivity contribution in [2.75, 3.05) is 13.2 Å². The quantitative estimate of drug-likeness (QED) is 0.930. The van der Waals surface area contributed by atoms with E-state index in [1.54, 1.807) is 6.20 Å². The van der Waals surface area contributed by atoms with E-state index in [4.69, 9.17) is 16.3 Å². The van der Waals surface area contributed by atoms with Crippen LogP contribution in [0.2, 0.25) is 5.02 Å². The average Bonchev–Trinajstić information content (AvgIpc) is 2.80. The van der Waals surface area contributed by atoms with Crippen LogP contribution in [0.1, 0.15) is 5.56 Å². The van der Waals surface area contributed by atoms with Crippen molar-refractivity contribution in [1.82, 2.24) is 15.1 Å². The fourth-order valence-corrected chi connectivity index (χ4v) is 2.41. The molecule has 1 aromatic heterocycles. The summed E-state index contributed by atoms with van der Waals surface area (Å²) in [6.07, 6.45) is 3.13. The first-order valence-electron chi connectivity index (χ1n) is 6.30. The van der Waals surface area contributed by atoms with Gasteiger partial charge in [-0.05, 0) is 5.56 Å². The molecule has 1 N–H and O–H groups in total. The average molecular weight is 292 g/mol. The lowest BCUT2D eigenvalue weighted by Crippen LogP contribution is -2.59. The van der Waals surface area contributed by atoms with Crippen LogP contribution in [0.4, 0.5) is 0 Å². The number of nitrogens with one attached hydrogen (secondary N) is 1. The Morgan fingerprint density at radius 2 is 2.15 bits per heavy atom. The summed E-state index contributed by atoms with van der Waals surface area (Å²) >= 11 is 5.78. The Hall–Kier alpha value is -1.85. The molecule has 5 nitrogen and oxygen atoms in total. The third-order valence-corrected chi connectivity index (χ3v) is 3.50. The molecule has 0 radical (unpaired) electrons. The predicted octanol–water partition coefficient (Wildman–Crippen LogP) is 1.58. The molecule has 2 aromatic rings. The Morgan fingerprint density at radius 1 is 1.40 bits per heavy atom. The fraction of sp³-hybridized carbons (Fsp3) is 0.286. The summed E-state index contributed by atoms with van der Waals surface area (Å²) in [6, 6.07) is 9.84. The highest BCUT2D eigenvalue weighted by Gasteiger charge is 2.41. The monoisotopic (exact) mass is 291 g/mol. The van der Waals surface area contributed by atoms with E-state index in [-0.39, 0.29) is 12.5 Å². The number of ether oxygens (including phenoxy) is 1. The van der Waals surface area contributed by atoms with Gasteiger partial charge in [-0.25, -0.2) is 0 Å². The van der Waals surface area contributed by atoms with Gasteiger partial charge >= 0.3 is 0 Å². The van der Waals surface area contributed by atoms with Crippen LogP contribution in [0.3, 0.4) is 0 Å². The van der Waals surface area contributed by atoms with Crippen molar-refractivity contribution in [3.05, 3.63) is 53.3 Å². The molecule has 0 unspecified atom stereocenters. The number of benzene rings is 1. The molecule has 0 aliphatic carbocycles. The molecular formula is C14H14ClN3O2. The zero-order valence-corrected chi connectivity index (χ0v) is 11.5. The lowest BCUT2D eigenvalue weighted by molar-refractivity contribution is -0.134. The van der Waals surface area contributed by atoms with Crippen LogP contribution < -0.4 is 5.32 Å². The van der Waals surface area contributed by atoms with Crippen molar-refractivity contribution in [2.24, 2.45) is 0 Å². The van der Waals surface area contributed by atoms with Gasteiger partial charge in [0.25, 0.3) is 0 Å². The predicted molar refractivity (Wildman–Crippen MR) is 74.3 cm³/mol. The Bertz CT molecular complexity index is 608. The third-order valence-electron chi connectivity index (χ3n) is 3.31. The van der Waals surface area contributed by atoms with Crippen LogP contribution in [0.5, 0.6) is 0 Å². The van der Waals surface area contributed by atoms with Crippen LogP contribution in [0.15, 0.2) is 42.7 Å². The minimum absolute atomic E-state index is 0.114. The second-order valence-electron chi connectivity index (χ2n) is 4.85. The molecule has 1 aromatic carbocycles. The molecule has 2 heterocycles. The number of hydrogen-bond acceptors (Lipinski definition) is 3. The number of amides is 1. The van der Waals surface area contributed by atoms with E-state index in [2.05, 4.69) is 10.4 Å². The highest BCUT2D eigenvalue weighted by atomic mass is 35.5. The standard InChI is InChI=1S/C14H14ClN3O2/c15-12-6-16-18(7-12)8-13(19)17-14(9-20-10-14)11-4-2-1-3-5-11/h1-7H,8-10H2,(H,17,19). The molecule has 1 aliphatic heterocycles. The Labute approximate surface area is 121 Å². The smallest absolute Gasteiger partial charge is 0.242 e. The van der Waals surface area contributed by atoms with E-state index >= 15 is 0 Å². The van der Waals surface area contributed by atoms with Gasteiger partial charge < -0.3 is 10.1 Å². The molecule has 0 atom stereocenters. The second-order valence-corrected chi connectivity index (χ2v) is 5.28. The first kappa shape index (κ1) is 13.1. The maximum Gasteiger partial charge on any atom is 0.242 e. The van der Waals surface area contributed by atoms with Crippen molar-refractivity contribution in [2.45, 2.75) is 12.1 Å². The molecule has 1 amide bonds. The van der Waals surface area contributed by atoms with Gasteiger partial charge in [-0.3, -0.25) is 9.48 Å². The zero-order chi connectivity index (χ0) is 14.0. The van der Waals surface area contributed by atoms with Gasteiger partial charge in [-0.2, -0.15) is 5.10 Å². The summed E-state index contributed by atoms with van der Waals surface area (Å²) in [4.78, 5) is 12.1. The van der Waals surface area contributed by atoms with Gasteiger partial charge in [0.2, 0.25) is 5.91 Å². The molecule has 6 heteroatoms. The van der Waals surface area contributed by atoms with Gasteiger partial charge in [0.15, 0.2) is 0 Å². The summed E-state index contributed by atoms with van der Waals surface area (Å²) in [5.74, 6) is -0.114. The number of halogens is 1. The van der Waals surface area contributed by atoms with E-state index < -0.39 is 5.54 Å². The van der Waals surface area contributed by atoms with E-state index in [0.717, 1.165) is 5.56 Å². The number of carbonyl (C=O) groups is 1. The van der Waals surface area contributed by atoms with Crippen LogP contribution in [0.25, 0.3) is 0 Å². The normalized spacial score (nSPS) is 16.4. The summed E-state index contributed by atoms with van der Waals surface area (Å²) in [7, 11) is 0. The first-order valence-corrected chi connectivity index (χ1v) is 6.68. The number of carbonyl (C=O) groups excluding carboxylic acids is 1. The minimum Gasteiger partial charge on any atom is -0.376 e. The van der Waals surface area contributed by atoms with Crippen molar-refractivity contribution in [3.63, 3.8) is 0 Å². The lowest BCUT2D eigenvalue weighted by Gasteiger charge is -2.42. The molecule has 0 bridgehead atoms. The second kappa shape index (κ2) is 5.26. The lowest BCUT2D eigenvalue weighted by atomic mass is 9.88. The van der Waals surface area contributed by atoms with Crippen molar-refractivity contribution >= 4 is 17.5 Å². The highest BCUT2D eigenvalue weighted by Crippen LogP contribution is 2.29. The van der Waals surface area contributed by atoms with Gasteiger partial charge in [0, 0.05) is 6.20 Å². The van der Waals surface area contributed by atoms with E-state index in [1.807, 2.05) is 30.3 Å². The van der Waals surface area contributed by atoms with E-state index in [0.29, 0.717) is 18.2 Å². The SMILES string of the molecule is O=C(Cn1cc(Cl)cn1)NC1(c2ccccc2)COC1. The van der Waals surface area contributed by atoms with Gasteiger partial charge in [-0.1, -0.05) is 41.9 Å². The Kier molecular flexibility index (Phi) is 3.46. The molecule has 3 rings (SSSR count). The molecule has 1 fully saturated rings. The summed E-state index contributed by atoms with van der Waals surface area (Å²) in [6.45, 7) is 1.12. The van der Waals surface area contributed by atoms with Crippen LogP contribution in [-0.2, 0) is 21.6 Å². The molecular weight excluding hydrogens is 278 g/mol. The topological polar surface area (TPSA) is 56.2 Å². The summed E-state index contributed by atoms with van der Waals surface area (Å²) < 4.78 is 6.80. The maximum absolute atomic E-state index is 12.1. The van der Waals surface area contributed by atoms with Crippen molar-refractivity contribution in [1.29, 1.82) is 0 Å². The van der Waals surface area contributed by atoms with Crippen molar-refractivity contribution < 1.29 is 9.53 Å². The summed E-state index contributed by atoms with van der Waals surface area (Å²) in [5.41, 5.74) is 0.632. The van der Waals surface area contributed by atoms with Gasteiger partial charge in [0.05, 0.1) is 24.4 Å². The van der Waals surface area contributed by atoms with Gasteiger partial charge in [-0.15, -0.1) is 0 Å². The molecule has 1 saturated heterocycles. The summed E-state index contributed by atoms with van der Waals surface area (Å²) in [5, 5.41) is 7.55. The largest absolute Gasteiger partial charge is 0.376 e. The highest BCUT2D eigenvalue weighted by molar-refractivity contribution is 6.30. The molecule has 0 spiro atoms.